The Morgan fingerprint density at radius 2 is 1.72 bits per heavy atom. The quantitative estimate of drug-likeness (QED) is 0.124. The first-order chi connectivity index (χ1) is 23.6. The van der Waals surface area contributed by atoms with E-state index in [-0.39, 0.29) is 23.6 Å². The molecule has 1 saturated heterocycles. The van der Waals surface area contributed by atoms with Gasteiger partial charge in [-0.1, -0.05) is 87.4 Å². The second kappa shape index (κ2) is 20.1. The highest BCUT2D eigenvalue weighted by atomic mass is 19.4. The maximum atomic E-state index is 14.8. The van der Waals surface area contributed by atoms with Gasteiger partial charge in [-0.3, -0.25) is 4.99 Å². The van der Waals surface area contributed by atoms with Crippen LogP contribution < -0.4 is 0 Å². The summed E-state index contributed by atoms with van der Waals surface area (Å²) in [7, 11) is 0. The summed E-state index contributed by atoms with van der Waals surface area (Å²) in [6.07, 6.45) is 11.8. The second-order valence-electron chi connectivity index (χ2n) is 13.2. The molecule has 9 heteroatoms. The number of carbonyl (C=O) groups is 1. The monoisotopic (exact) mass is 699 g/mol. The van der Waals surface area contributed by atoms with E-state index in [1.165, 1.54) is 18.2 Å². The molecule has 3 rings (SSSR count). The third kappa shape index (κ3) is 13.1. The van der Waals surface area contributed by atoms with Crippen LogP contribution in [0.3, 0.4) is 0 Å². The second-order valence-corrected chi connectivity index (χ2v) is 13.2. The van der Waals surface area contributed by atoms with Gasteiger partial charge in [-0.2, -0.15) is 13.2 Å². The minimum Gasteiger partial charge on any atom is -0.443 e. The van der Waals surface area contributed by atoms with E-state index in [0.717, 1.165) is 66.3 Å². The number of halogens is 4. The summed E-state index contributed by atoms with van der Waals surface area (Å²) in [5, 5.41) is 0. The Kier molecular flexibility index (Phi) is 17.0. The highest BCUT2D eigenvalue weighted by Crippen LogP contribution is 2.39. The maximum Gasteiger partial charge on any atom is 0.416 e. The SMILES string of the molecule is CC/C=C/C=C(\C=C(/C)CCC)C(F)(F)F.C\C=C(C(/C(C)=N/C=C/CC)=C(/C)N1CCN(C(=O)OC2(C)CC2)C(C)C1)\c1ccccc1F. The van der Waals surface area contributed by atoms with E-state index in [9.17, 15) is 22.4 Å². The van der Waals surface area contributed by atoms with Gasteiger partial charge in [-0.05, 0) is 85.3 Å². The summed E-state index contributed by atoms with van der Waals surface area (Å²) < 4.78 is 58.3. The summed E-state index contributed by atoms with van der Waals surface area (Å²) in [4.78, 5) is 21.5. The third-order valence-corrected chi connectivity index (χ3v) is 8.70. The molecule has 1 amide bonds. The molecule has 0 aromatic heterocycles. The predicted molar refractivity (Wildman–Crippen MR) is 199 cm³/mol. The molecule has 276 valence electrons. The van der Waals surface area contributed by atoms with Gasteiger partial charge in [-0.25, -0.2) is 9.18 Å². The van der Waals surface area contributed by atoms with Crippen molar-refractivity contribution < 1.29 is 27.1 Å². The minimum atomic E-state index is -4.27. The van der Waals surface area contributed by atoms with Gasteiger partial charge in [-0.15, -0.1) is 0 Å². The van der Waals surface area contributed by atoms with Gasteiger partial charge in [0.05, 0.1) is 5.57 Å². The van der Waals surface area contributed by atoms with E-state index in [1.807, 2.05) is 76.9 Å². The molecule has 5 nitrogen and oxygen atoms in total. The van der Waals surface area contributed by atoms with Crippen LogP contribution in [0.25, 0.3) is 5.57 Å². The molecule has 1 atom stereocenters. The topological polar surface area (TPSA) is 45.1 Å². The van der Waals surface area contributed by atoms with E-state index < -0.39 is 11.7 Å². The summed E-state index contributed by atoms with van der Waals surface area (Å²) in [6, 6.07) is 6.85. The number of ether oxygens (including phenoxy) is 1. The molecule has 1 aliphatic carbocycles. The van der Waals surface area contributed by atoms with Crippen LogP contribution in [0.5, 0.6) is 0 Å². The Labute approximate surface area is 297 Å². The molecule has 2 fully saturated rings. The molecular weight excluding hydrogens is 642 g/mol. The lowest BCUT2D eigenvalue weighted by Crippen LogP contribution is -2.54. The summed E-state index contributed by atoms with van der Waals surface area (Å²) in [5.41, 5.74) is 4.04. The zero-order chi connectivity index (χ0) is 37.5. The summed E-state index contributed by atoms with van der Waals surface area (Å²) in [5.74, 6) is -0.257. The zero-order valence-electron chi connectivity index (χ0n) is 31.5. The normalized spacial score (nSPS) is 19.4. The molecule has 1 saturated carbocycles. The molecule has 0 N–H and O–H groups in total. The highest BCUT2D eigenvalue weighted by Gasteiger charge is 2.43. The number of hydrogen-bond donors (Lipinski definition) is 0. The molecule has 0 radical (unpaired) electrons. The van der Waals surface area contributed by atoms with Crippen molar-refractivity contribution in [1.82, 2.24) is 9.80 Å². The molecule has 0 bridgehead atoms. The van der Waals surface area contributed by atoms with Crippen molar-refractivity contribution in [3.8, 4) is 0 Å². The van der Waals surface area contributed by atoms with Gasteiger partial charge < -0.3 is 14.5 Å². The fourth-order valence-corrected chi connectivity index (χ4v) is 5.60. The number of rotatable bonds is 12. The van der Waals surface area contributed by atoms with Gasteiger partial charge in [0.25, 0.3) is 0 Å². The van der Waals surface area contributed by atoms with E-state index in [2.05, 4.69) is 23.7 Å². The first-order valence-electron chi connectivity index (χ1n) is 17.8. The predicted octanol–water partition coefficient (Wildman–Crippen LogP) is 11.8. The smallest absolute Gasteiger partial charge is 0.416 e. The zero-order valence-corrected chi connectivity index (χ0v) is 31.5. The average Bonchev–Trinajstić information content (AvgIpc) is 3.79. The van der Waals surface area contributed by atoms with Crippen molar-refractivity contribution in [2.24, 2.45) is 4.99 Å². The van der Waals surface area contributed by atoms with Crippen LogP contribution in [0.2, 0.25) is 0 Å². The molecule has 1 aromatic rings. The Hall–Kier alpha value is -3.88. The number of benzene rings is 1. The van der Waals surface area contributed by atoms with Crippen LogP contribution in [-0.4, -0.2) is 59.1 Å². The molecule has 1 heterocycles. The maximum absolute atomic E-state index is 14.8. The van der Waals surface area contributed by atoms with E-state index in [4.69, 9.17) is 4.74 Å². The Morgan fingerprint density at radius 1 is 1.06 bits per heavy atom. The Bertz CT molecular complexity index is 1490. The van der Waals surface area contributed by atoms with E-state index >= 15 is 0 Å². The average molecular weight is 700 g/mol. The van der Waals surface area contributed by atoms with Crippen molar-refractivity contribution in [3.63, 3.8) is 0 Å². The summed E-state index contributed by atoms with van der Waals surface area (Å²) in [6.45, 7) is 19.6. The van der Waals surface area contributed by atoms with Gasteiger partial charge in [0, 0.05) is 54.4 Å². The van der Waals surface area contributed by atoms with E-state index in [1.54, 1.807) is 19.1 Å². The van der Waals surface area contributed by atoms with Crippen LogP contribution in [-0.2, 0) is 4.74 Å². The molecular formula is C41H57F4N3O2. The Morgan fingerprint density at radius 3 is 2.26 bits per heavy atom. The highest BCUT2D eigenvalue weighted by molar-refractivity contribution is 6.12. The molecule has 1 aromatic carbocycles. The fourth-order valence-electron chi connectivity index (χ4n) is 5.60. The Balaban J connectivity index is 0.000000457. The largest absolute Gasteiger partial charge is 0.443 e. The van der Waals surface area contributed by atoms with Crippen LogP contribution >= 0.6 is 0 Å². The summed E-state index contributed by atoms with van der Waals surface area (Å²) >= 11 is 0. The fraction of sp³-hybridized carbons (Fsp3) is 0.512. The molecule has 50 heavy (non-hydrogen) atoms. The van der Waals surface area contributed by atoms with Gasteiger partial charge in [0.15, 0.2) is 0 Å². The van der Waals surface area contributed by atoms with Crippen molar-refractivity contribution >= 4 is 17.4 Å². The lowest BCUT2D eigenvalue weighted by molar-refractivity contribution is -0.0882. The number of nitrogens with zero attached hydrogens (tertiary/aromatic N) is 3. The number of aliphatic imine (C=N–C) groups is 1. The van der Waals surface area contributed by atoms with Crippen molar-refractivity contribution in [1.29, 1.82) is 0 Å². The molecule has 2 aliphatic rings. The van der Waals surface area contributed by atoms with Crippen molar-refractivity contribution in [2.75, 3.05) is 19.6 Å². The number of carbonyl (C=O) groups excluding carboxylic acids is 1. The minimum absolute atomic E-state index is 0.000417. The van der Waals surface area contributed by atoms with Crippen molar-refractivity contribution in [2.45, 2.75) is 119 Å². The third-order valence-electron chi connectivity index (χ3n) is 8.70. The first kappa shape index (κ1) is 42.3. The van der Waals surface area contributed by atoms with Gasteiger partial charge >= 0.3 is 12.3 Å². The van der Waals surface area contributed by atoms with Gasteiger partial charge in [0.1, 0.15) is 11.4 Å². The van der Waals surface area contributed by atoms with Gasteiger partial charge in [0.2, 0.25) is 0 Å². The number of alkyl halides is 3. The van der Waals surface area contributed by atoms with Crippen LogP contribution in [0.4, 0.5) is 22.4 Å². The lowest BCUT2D eigenvalue weighted by atomic mass is 9.92. The number of allylic oxidation sites excluding steroid dienone is 11. The first-order valence-corrected chi connectivity index (χ1v) is 17.8. The standard InChI is InChI=1S/C28H38FN3O2.C13H19F3/c1-7-9-16-30-21(4)26(23(8-2)24-12-10-11-13-25(24)29)22(5)31-17-18-32(20(3)19-31)27(33)34-28(6)14-15-28;1-4-6-7-9-12(13(14,15)16)10-11(3)8-5-2/h8-13,16,20H,7,14-15,17-19H2,1-6H3;6-7,9-10H,4-5,8H2,1-3H3/b16-9+,23-8-,26-22-,30-21+;7-6+,11-10+,12-9+. The number of hydrogen-bond acceptors (Lipinski definition) is 4. The lowest BCUT2D eigenvalue weighted by Gasteiger charge is -2.41. The number of amides is 1. The van der Waals surface area contributed by atoms with Crippen LogP contribution in [0.1, 0.15) is 106 Å². The van der Waals surface area contributed by atoms with Crippen LogP contribution in [0, 0.1) is 5.82 Å². The molecule has 0 spiro atoms. The number of piperazine rings is 1. The van der Waals surface area contributed by atoms with E-state index in [0.29, 0.717) is 31.6 Å². The molecule has 1 unspecified atom stereocenters. The van der Waals surface area contributed by atoms with Crippen LogP contribution in [0.15, 0.2) is 94.3 Å². The molecule has 1 aliphatic heterocycles. The van der Waals surface area contributed by atoms with Crippen molar-refractivity contribution in [3.05, 3.63) is 101 Å².